The lowest BCUT2D eigenvalue weighted by atomic mass is 9.70. The minimum atomic E-state index is -0.969. The van der Waals surface area contributed by atoms with Gasteiger partial charge in [-0.3, -0.25) is 9.59 Å². The van der Waals surface area contributed by atoms with Crippen molar-refractivity contribution in [1.82, 2.24) is 0 Å². The number of carboxylic acid groups (broad SMARTS) is 1. The summed E-state index contributed by atoms with van der Waals surface area (Å²) in [7, 11) is 0. The van der Waals surface area contributed by atoms with Gasteiger partial charge in [0.1, 0.15) is 6.61 Å². The molecule has 0 aliphatic heterocycles. The van der Waals surface area contributed by atoms with E-state index in [1.165, 1.54) is 6.08 Å². The summed E-state index contributed by atoms with van der Waals surface area (Å²) in [6.45, 7) is 5.20. The summed E-state index contributed by atoms with van der Waals surface area (Å²) in [5.41, 5.74) is -0.969. The van der Waals surface area contributed by atoms with Crippen LogP contribution in [0.5, 0.6) is 0 Å². The first kappa shape index (κ1) is 12.5. The molecule has 4 heteroatoms. The van der Waals surface area contributed by atoms with Gasteiger partial charge < -0.3 is 9.84 Å². The van der Waals surface area contributed by atoms with Gasteiger partial charge in [0.2, 0.25) is 0 Å². The predicted octanol–water partition coefficient (Wildman–Crippen LogP) is 1.77. The van der Waals surface area contributed by atoms with Gasteiger partial charge >= 0.3 is 11.9 Å². The van der Waals surface area contributed by atoms with Gasteiger partial charge in [-0.25, -0.2) is 0 Å². The van der Waals surface area contributed by atoms with E-state index < -0.39 is 23.3 Å². The zero-order valence-electron chi connectivity index (χ0n) is 9.31. The SMILES string of the molecule is C=CCOC(=O)C1(C)CC=CCC1C(=O)O. The Morgan fingerprint density at radius 1 is 1.62 bits per heavy atom. The quantitative estimate of drug-likeness (QED) is 0.584. The molecule has 1 rings (SSSR count). The molecule has 0 aromatic carbocycles. The fourth-order valence-electron chi connectivity index (χ4n) is 1.86. The first-order valence-electron chi connectivity index (χ1n) is 5.18. The molecule has 1 aliphatic carbocycles. The molecule has 16 heavy (non-hydrogen) atoms. The van der Waals surface area contributed by atoms with Crippen molar-refractivity contribution in [2.24, 2.45) is 11.3 Å². The Labute approximate surface area is 94.6 Å². The third-order valence-corrected chi connectivity index (χ3v) is 2.95. The molecule has 1 N–H and O–H groups in total. The minimum Gasteiger partial charge on any atom is -0.481 e. The number of allylic oxidation sites excluding steroid dienone is 2. The molecular weight excluding hydrogens is 208 g/mol. The maximum atomic E-state index is 11.8. The highest BCUT2D eigenvalue weighted by Gasteiger charge is 2.46. The number of esters is 1. The molecule has 0 aromatic rings. The van der Waals surface area contributed by atoms with Crippen molar-refractivity contribution in [3.05, 3.63) is 24.8 Å². The lowest BCUT2D eigenvalue weighted by Crippen LogP contribution is -2.42. The molecule has 0 fully saturated rings. The number of aliphatic carboxylic acids is 1. The summed E-state index contributed by atoms with van der Waals surface area (Å²) < 4.78 is 4.96. The molecule has 0 spiro atoms. The highest BCUT2D eigenvalue weighted by Crippen LogP contribution is 2.39. The first-order valence-corrected chi connectivity index (χ1v) is 5.18. The molecule has 2 unspecified atom stereocenters. The second-order valence-electron chi connectivity index (χ2n) is 4.11. The maximum absolute atomic E-state index is 11.8. The average molecular weight is 224 g/mol. The smallest absolute Gasteiger partial charge is 0.313 e. The molecule has 1 aliphatic rings. The van der Waals surface area contributed by atoms with Gasteiger partial charge in [0.25, 0.3) is 0 Å². The molecule has 4 nitrogen and oxygen atoms in total. The van der Waals surface area contributed by atoms with Crippen molar-refractivity contribution >= 4 is 11.9 Å². The second-order valence-corrected chi connectivity index (χ2v) is 4.11. The van der Waals surface area contributed by atoms with Gasteiger partial charge in [-0.15, -0.1) is 0 Å². The van der Waals surface area contributed by atoms with E-state index in [1.54, 1.807) is 13.0 Å². The number of hydrogen-bond donors (Lipinski definition) is 1. The van der Waals surface area contributed by atoms with Gasteiger partial charge in [-0.05, 0) is 19.8 Å². The van der Waals surface area contributed by atoms with Crippen LogP contribution in [0.1, 0.15) is 19.8 Å². The van der Waals surface area contributed by atoms with Crippen LogP contribution in [0.15, 0.2) is 24.8 Å². The van der Waals surface area contributed by atoms with Gasteiger partial charge in [0, 0.05) is 0 Å². The summed E-state index contributed by atoms with van der Waals surface area (Å²) in [6, 6.07) is 0. The van der Waals surface area contributed by atoms with E-state index in [0.29, 0.717) is 12.8 Å². The van der Waals surface area contributed by atoms with E-state index in [9.17, 15) is 9.59 Å². The topological polar surface area (TPSA) is 63.6 Å². The summed E-state index contributed by atoms with van der Waals surface area (Å²) in [6.07, 6.45) is 5.86. The van der Waals surface area contributed by atoms with E-state index in [-0.39, 0.29) is 6.61 Å². The Morgan fingerprint density at radius 2 is 2.31 bits per heavy atom. The average Bonchev–Trinajstić information content (AvgIpc) is 2.25. The van der Waals surface area contributed by atoms with Crippen LogP contribution in [0, 0.1) is 11.3 Å². The number of carbonyl (C=O) groups excluding carboxylic acids is 1. The van der Waals surface area contributed by atoms with Crippen molar-refractivity contribution in [2.45, 2.75) is 19.8 Å². The van der Waals surface area contributed by atoms with Crippen LogP contribution >= 0.6 is 0 Å². The van der Waals surface area contributed by atoms with Crippen molar-refractivity contribution in [3.63, 3.8) is 0 Å². The Balaban J connectivity index is 2.86. The molecular formula is C12H16O4. The third kappa shape index (κ3) is 2.32. The van der Waals surface area contributed by atoms with E-state index in [1.807, 2.05) is 6.08 Å². The van der Waals surface area contributed by atoms with E-state index in [4.69, 9.17) is 9.84 Å². The van der Waals surface area contributed by atoms with Gasteiger partial charge in [-0.2, -0.15) is 0 Å². The summed E-state index contributed by atoms with van der Waals surface area (Å²) in [5, 5.41) is 9.09. The highest BCUT2D eigenvalue weighted by molar-refractivity contribution is 5.85. The molecule has 0 amide bonds. The number of ether oxygens (including phenoxy) is 1. The third-order valence-electron chi connectivity index (χ3n) is 2.95. The van der Waals surface area contributed by atoms with Crippen molar-refractivity contribution in [1.29, 1.82) is 0 Å². The van der Waals surface area contributed by atoms with Gasteiger partial charge in [0.05, 0.1) is 11.3 Å². The largest absolute Gasteiger partial charge is 0.481 e. The van der Waals surface area contributed by atoms with Crippen LogP contribution < -0.4 is 0 Å². The monoisotopic (exact) mass is 224 g/mol. The van der Waals surface area contributed by atoms with Gasteiger partial charge in [-0.1, -0.05) is 24.8 Å². The van der Waals surface area contributed by atoms with E-state index in [0.717, 1.165) is 0 Å². The molecule has 88 valence electrons. The Morgan fingerprint density at radius 3 is 2.88 bits per heavy atom. The van der Waals surface area contributed by atoms with E-state index >= 15 is 0 Å². The van der Waals surface area contributed by atoms with Gasteiger partial charge in [0.15, 0.2) is 0 Å². The predicted molar refractivity (Wildman–Crippen MR) is 58.8 cm³/mol. The highest BCUT2D eigenvalue weighted by atomic mass is 16.5. The zero-order chi connectivity index (χ0) is 12.2. The Hall–Kier alpha value is -1.58. The lowest BCUT2D eigenvalue weighted by molar-refractivity contribution is -0.165. The normalized spacial score (nSPS) is 28.4. The van der Waals surface area contributed by atoms with E-state index in [2.05, 4.69) is 6.58 Å². The zero-order valence-corrected chi connectivity index (χ0v) is 9.31. The Kier molecular flexibility index (Phi) is 3.88. The maximum Gasteiger partial charge on any atom is 0.313 e. The van der Waals surface area contributed by atoms with Crippen molar-refractivity contribution < 1.29 is 19.4 Å². The lowest BCUT2D eigenvalue weighted by Gasteiger charge is -2.33. The fourth-order valence-corrected chi connectivity index (χ4v) is 1.86. The standard InChI is InChI=1S/C12H16O4/c1-3-8-16-11(15)12(2)7-5-4-6-9(12)10(13)14/h3-5,9H,1,6-8H2,2H3,(H,13,14). The van der Waals surface area contributed by atoms with Crippen LogP contribution in [0.3, 0.4) is 0 Å². The molecule has 0 heterocycles. The molecule has 0 radical (unpaired) electrons. The van der Waals surface area contributed by atoms with Crippen LogP contribution in [0.25, 0.3) is 0 Å². The van der Waals surface area contributed by atoms with Crippen LogP contribution in [-0.2, 0) is 14.3 Å². The second kappa shape index (κ2) is 4.96. The van der Waals surface area contributed by atoms with Crippen molar-refractivity contribution in [2.75, 3.05) is 6.61 Å². The minimum absolute atomic E-state index is 0.116. The number of rotatable bonds is 4. The summed E-state index contributed by atoms with van der Waals surface area (Å²) >= 11 is 0. The number of carbonyl (C=O) groups is 2. The molecule has 2 atom stereocenters. The van der Waals surface area contributed by atoms with Crippen LogP contribution in [-0.4, -0.2) is 23.7 Å². The van der Waals surface area contributed by atoms with Crippen molar-refractivity contribution in [3.8, 4) is 0 Å². The summed E-state index contributed by atoms with van der Waals surface area (Å²) in [5.74, 6) is -2.14. The Bertz CT molecular complexity index is 332. The fraction of sp³-hybridized carbons (Fsp3) is 0.500. The molecule has 0 aromatic heterocycles. The molecule has 0 bridgehead atoms. The summed E-state index contributed by atoms with van der Waals surface area (Å²) in [4.78, 5) is 22.9. The first-order chi connectivity index (χ1) is 7.52. The molecule has 0 saturated heterocycles. The number of hydrogen-bond acceptors (Lipinski definition) is 3. The van der Waals surface area contributed by atoms with Crippen LogP contribution in [0.2, 0.25) is 0 Å². The van der Waals surface area contributed by atoms with Crippen LogP contribution in [0.4, 0.5) is 0 Å². The molecule has 0 saturated carbocycles. The number of carboxylic acids is 1.